The Kier molecular flexibility index (Phi) is 2.28. The second kappa shape index (κ2) is 3.21. The summed E-state index contributed by atoms with van der Waals surface area (Å²) in [5.74, 6) is 0.604. The van der Waals surface area contributed by atoms with Gasteiger partial charge in [0.15, 0.2) is 5.82 Å². The van der Waals surface area contributed by atoms with Gasteiger partial charge in [-0.15, -0.1) is 0 Å². The molecule has 0 aliphatic heterocycles. The first-order valence-corrected chi connectivity index (χ1v) is 3.12. The van der Waals surface area contributed by atoms with Crippen LogP contribution in [0.5, 0.6) is 0 Å². The predicted octanol–water partition coefficient (Wildman–Crippen LogP) is 1.79. The minimum atomic E-state index is 0.208. The Hall–Kier alpha value is -1.29. The van der Waals surface area contributed by atoms with Crippen LogP contribution in [0.15, 0.2) is 16.1 Å². The molecule has 0 bridgehead atoms. The summed E-state index contributed by atoms with van der Waals surface area (Å²) in [6.45, 7) is 6.54. The van der Waals surface area contributed by atoms with E-state index in [-0.39, 0.29) is 11.1 Å². The highest BCUT2D eigenvalue weighted by molar-refractivity contribution is 6.29. The first-order chi connectivity index (χ1) is 5.26. The number of rotatable bonds is 2. The van der Waals surface area contributed by atoms with Gasteiger partial charge in [0.2, 0.25) is 0 Å². The zero-order valence-electron chi connectivity index (χ0n) is 5.66. The molecule has 0 amide bonds. The molecule has 0 aromatic carbocycles. The Balaban J connectivity index is 3.21. The third-order valence-corrected chi connectivity index (χ3v) is 1.17. The highest BCUT2D eigenvalue weighted by atomic mass is 35.5. The van der Waals surface area contributed by atoms with Gasteiger partial charge in [-0.25, -0.2) is 9.98 Å². The van der Waals surface area contributed by atoms with Gasteiger partial charge in [-0.2, -0.15) is 9.97 Å². The normalized spacial score (nSPS) is 9.18. The van der Waals surface area contributed by atoms with E-state index in [1.807, 2.05) is 0 Å². The molecule has 0 saturated carbocycles. The fourth-order valence-corrected chi connectivity index (χ4v) is 0.719. The van der Waals surface area contributed by atoms with Gasteiger partial charge in [0, 0.05) is 6.07 Å². The summed E-state index contributed by atoms with van der Waals surface area (Å²) in [7, 11) is 0. The minimum Gasteiger partial charge on any atom is -0.245 e. The second-order valence-electron chi connectivity index (χ2n) is 1.67. The van der Waals surface area contributed by atoms with Crippen LogP contribution in [0, 0.1) is 0 Å². The van der Waals surface area contributed by atoms with Gasteiger partial charge in [0.05, 0.1) is 0 Å². The molecule has 1 heterocycles. The Morgan fingerprint density at radius 1 is 1.27 bits per heavy atom. The lowest BCUT2D eigenvalue weighted by Crippen LogP contribution is -1.80. The van der Waals surface area contributed by atoms with Crippen LogP contribution < -0.4 is 0 Å². The van der Waals surface area contributed by atoms with Crippen LogP contribution in [0.2, 0.25) is 5.15 Å². The molecule has 0 unspecified atom stereocenters. The van der Waals surface area contributed by atoms with Crippen molar-refractivity contribution in [3.05, 3.63) is 11.2 Å². The molecule has 0 saturated heterocycles. The molecule has 0 fully saturated rings. The van der Waals surface area contributed by atoms with Crippen molar-refractivity contribution in [2.24, 2.45) is 9.98 Å². The van der Waals surface area contributed by atoms with Gasteiger partial charge in [-0.3, -0.25) is 0 Å². The van der Waals surface area contributed by atoms with Crippen LogP contribution in [-0.4, -0.2) is 23.4 Å². The van der Waals surface area contributed by atoms with E-state index in [2.05, 4.69) is 33.4 Å². The van der Waals surface area contributed by atoms with Gasteiger partial charge in [0.25, 0.3) is 5.95 Å². The van der Waals surface area contributed by atoms with E-state index in [4.69, 9.17) is 11.6 Å². The maximum absolute atomic E-state index is 5.58. The Morgan fingerprint density at radius 2 is 2.00 bits per heavy atom. The van der Waals surface area contributed by atoms with Crippen molar-refractivity contribution in [2.45, 2.75) is 0 Å². The average molecular weight is 169 g/mol. The first-order valence-electron chi connectivity index (χ1n) is 2.74. The summed E-state index contributed by atoms with van der Waals surface area (Å²) in [6.07, 6.45) is 0. The van der Waals surface area contributed by atoms with Crippen LogP contribution >= 0.6 is 11.6 Å². The van der Waals surface area contributed by atoms with Crippen molar-refractivity contribution < 1.29 is 0 Å². The molecule has 1 aromatic heterocycles. The van der Waals surface area contributed by atoms with Crippen molar-refractivity contribution in [1.82, 2.24) is 9.97 Å². The number of nitrogens with zero attached hydrogens (tertiary/aromatic N) is 4. The quantitative estimate of drug-likeness (QED) is 0.500. The standard InChI is InChI=1S/C6H5ClN4/c1-8-5-3-4(7)10-6(9-2)11-5/h3H,1-2H2. The number of aromatic nitrogens is 2. The van der Waals surface area contributed by atoms with Crippen molar-refractivity contribution in [3.8, 4) is 0 Å². The molecule has 1 aromatic rings. The summed E-state index contributed by atoms with van der Waals surface area (Å²) in [6, 6.07) is 1.49. The molecule has 0 radical (unpaired) electrons. The largest absolute Gasteiger partial charge is 0.252 e. The third kappa shape index (κ3) is 1.81. The molecule has 0 spiro atoms. The summed E-state index contributed by atoms with van der Waals surface area (Å²) >= 11 is 5.58. The van der Waals surface area contributed by atoms with Crippen LogP contribution in [0.1, 0.15) is 0 Å². The van der Waals surface area contributed by atoms with E-state index >= 15 is 0 Å². The maximum Gasteiger partial charge on any atom is 0.252 e. The van der Waals surface area contributed by atoms with Crippen molar-refractivity contribution in [3.63, 3.8) is 0 Å². The van der Waals surface area contributed by atoms with Crippen molar-refractivity contribution in [1.29, 1.82) is 0 Å². The van der Waals surface area contributed by atoms with Gasteiger partial charge >= 0.3 is 0 Å². The Labute approximate surface area is 68.7 Å². The van der Waals surface area contributed by atoms with E-state index < -0.39 is 0 Å². The molecule has 4 nitrogen and oxygen atoms in total. The zero-order chi connectivity index (χ0) is 8.27. The molecular weight excluding hydrogens is 164 g/mol. The molecule has 5 heteroatoms. The Morgan fingerprint density at radius 3 is 2.55 bits per heavy atom. The van der Waals surface area contributed by atoms with Crippen molar-refractivity contribution in [2.75, 3.05) is 0 Å². The van der Waals surface area contributed by atoms with E-state index in [1.165, 1.54) is 6.07 Å². The predicted molar refractivity (Wildman–Crippen MR) is 45.5 cm³/mol. The lowest BCUT2D eigenvalue weighted by molar-refractivity contribution is 1.13. The molecular formula is C6H5ClN4. The van der Waals surface area contributed by atoms with Gasteiger partial charge in [-0.1, -0.05) is 11.6 Å². The third-order valence-electron chi connectivity index (χ3n) is 0.973. The summed E-state index contributed by atoms with van der Waals surface area (Å²) in [5, 5.41) is 0.282. The van der Waals surface area contributed by atoms with E-state index in [9.17, 15) is 0 Å². The summed E-state index contributed by atoms with van der Waals surface area (Å²) < 4.78 is 0. The zero-order valence-corrected chi connectivity index (χ0v) is 6.41. The fraction of sp³-hybridized carbons (Fsp3) is 0. The molecule has 0 aliphatic carbocycles. The Bertz CT molecular complexity index is 270. The van der Waals surface area contributed by atoms with E-state index in [0.717, 1.165) is 0 Å². The molecule has 0 atom stereocenters. The fourth-order valence-electron chi connectivity index (χ4n) is 0.546. The van der Waals surface area contributed by atoms with Crippen LogP contribution in [-0.2, 0) is 0 Å². The van der Waals surface area contributed by atoms with E-state index in [1.54, 1.807) is 0 Å². The second-order valence-corrected chi connectivity index (χ2v) is 2.05. The molecule has 0 aliphatic rings. The van der Waals surface area contributed by atoms with Crippen molar-refractivity contribution >= 4 is 36.8 Å². The maximum atomic E-state index is 5.58. The van der Waals surface area contributed by atoms with Crippen LogP contribution in [0.3, 0.4) is 0 Å². The van der Waals surface area contributed by atoms with Gasteiger partial charge < -0.3 is 0 Å². The topological polar surface area (TPSA) is 50.5 Å². The SMILES string of the molecule is C=Nc1cc(Cl)nc(N=C)n1. The highest BCUT2D eigenvalue weighted by Gasteiger charge is 1.97. The smallest absolute Gasteiger partial charge is 0.245 e. The monoisotopic (exact) mass is 168 g/mol. The lowest BCUT2D eigenvalue weighted by atomic mass is 10.6. The number of aliphatic imine (C=N–C) groups is 2. The first kappa shape index (κ1) is 7.81. The van der Waals surface area contributed by atoms with Gasteiger partial charge in [-0.05, 0) is 13.4 Å². The van der Waals surface area contributed by atoms with E-state index in [0.29, 0.717) is 5.82 Å². The highest BCUT2D eigenvalue weighted by Crippen LogP contribution is 2.16. The molecule has 0 N–H and O–H groups in total. The number of halogens is 1. The van der Waals surface area contributed by atoms with Crippen LogP contribution in [0.25, 0.3) is 0 Å². The summed E-state index contributed by atoms with van der Waals surface area (Å²) in [5.41, 5.74) is 0. The summed E-state index contributed by atoms with van der Waals surface area (Å²) in [4.78, 5) is 14.6. The minimum absolute atomic E-state index is 0.208. The number of hydrogen-bond donors (Lipinski definition) is 0. The lowest BCUT2D eigenvalue weighted by Gasteiger charge is -1.94. The van der Waals surface area contributed by atoms with Crippen LogP contribution in [0.4, 0.5) is 11.8 Å². The van der Waals surface area contributed by atoms with Gasteiger partial charge in [0.1, 0.15) is 5.15 Å². The molecule has 11 heavy (non-hydrogen) atoms. The number of hydrogen-bond acceptors (Lipinski definition) is 4. The molecule has 56 valence electrons. The molecule has 1 rings (SSSR count). The average Bonchev–Trinajstić information content (AvgIpc) is 2.03.